The number of hydrogen-bond acceptors (Lipinski definition) is 7. The second-order valence-electron chi connectivity index (χ2n) is 9.37. The molecule has 3 rings (SSSR count). The SMILES string of the molecule is CCC/C(=C(/C)C(=O)OCC)N1N=C(N2CCOCC2)C=C(C2=C(C)C=CCC=C2)/C1=C(/C)COCC. The Morgan fingerprint density at radius 3 is 2.49 bits per heavy atom. The van der Waals surface area contributed by atoms with Crippen molar-refractivity contribution in [3.8, 4) is 0 Å². The van der Waals surface area contributed by atoms with Gasteiger partial charge in [-0.3, -0.25) is 0 Å². The average Bonchev–Trinajstić information content (AvgIpc) is 3.14. The van der Waals surface area contributed by atoms with Gasteiger partial charge in [0.05, 0.1) is 43.4 Å². The van der Waals surface area contributed by atoms with Crippen LogP contribution in [0.5, 0.6) is 0 Å². The van der Waals surface area contributed by atoms with Gasteiger partial charge >= 0.3 is 5.97 Å². The molecule has 1 aliphatic carbocycles. The maximum atomic E-state index is 12.9. The van der Waals surface area contributed by atoms with Crippen molar-refractivity contribution in [1.82, 2.24) is 9.91 Å². The average molecular weight is 510 g/mol. The molecule has 0 radical (unpaired) electrons. The normalized spacial score (nSPS) is 20.4. The van der Waals surface area contributed by atoms with Crippen LogP contribution in [0.25, 0.3) is 0 Å². The molecule has 3 aliphatic rings. The van der Waals surface area contributed by atoms with Crippen LogP contribution >= 0.6 is 0 Å². The highest BCUT2D eigenvalue weighted by Crippen LogP contribution is 2.38. The Bertz CT molecular complexity index is 1050. The van der Waals surface area contributed by atoms with Crippen LogP contribution in [0, 0.1) is 0 Å². The highest BCUT2D eigenvalue weighted by atomic mass is 16.5. The predicted molar refractivity (Wildman–Crippen MR) is 149 cm³/mol. The fourth-order valence-corrected chi connectivity index (χ4v) is 4.65. The number of esters is 1. The first-order valence-electron chi connectivity index (χ1n) is 13.5. The smallest absolute Gasteiger partial charge is 0.335 e. The van der Waals surface area contributed by atoms with Crippen LogP contribution in [0.4, 0.5) is 0 Å². The number of carbonyl (C=O) groups excluding carboxylic acids is 1. The first-order valence-corrected chi connectivity index (χ1v) is 13.5. The van der Waals surface area contributed by atoms with Crippen LogP contribution in [0.1, 0.15) is 60.8 Å². The predicted octanol–water partition coefficient (Wildman–Crippen LogP) is 5.65. The van der Waals surface area contributed by atoms with Gasteiger partial charge in [0.2, 0.25) is 0 Å². The van der Waals surface area contributed by atoms with E-state index in [1.807, 2.05) is 25.8 Å². The molecule has 1 saturated heterocycles. The summed E-state index contributed by atoms with van der Waals surface area (Å²) >= 11 is 0. The molecule has 0 aromatic carbocycles. The molecule has 0 aromatic rings. The van der Waals surface area contributed by atoms with Crippen LogP contribution in [0.3, 0.4) is 0 Å². The van der Waals surface area contributed by atoms with Gasteiger partial charge in [-0.2, -0.15) is 5.10 Å². The first-order chi connectivity index (χ1) is 17.9. The molecule has 0 spiro atoms. The van der Waals surface area contributed by atoms with E-state index in [1.54, 1.807) is 0 Å². The molecule has 2 heterocycles. The number of hydrogen-bond donors (Lipinski definition) is 0. The maximum absolute atomic E-state index is 12.9. The molecule has 2 aliphatic heterocycles. The van der Waals surface area contributed by atoms with Crippen molar-refractivity contribution in [3.63, 3.8) is 0 Å². The molecule has 0 N–H and O–H groups in total. The number of morpholine rings is 1. The lowest BCUT2D eigenvalue weighted by Gasteiger charge is -2.37. The highest BCUT2D eigenvalue weighted by molar-refractivity contribution is 5.97. The second kappa shape index (κ2) is 14.1. The topological polar surface area (TPSA) is 63.6 Å². The van der Waals surface area contributed by atoms with E-state index < -0.39 is 0 Å². The summed E-state index contributed by atoms with van der Waals surface area (Å²) in [6, 6.07) is 0. The molecule has 37 heavy (non-hydrogen) atoms. The van der Waals surface area contributed by atoms with Crippen molar-refractivity contribution >= 4 is 11.8 Å². The van der Waals surface area contributed by atoms with Crippen LogP contribution in [-0.4, -0.2) is 67.8 Å². The summed E-state index contributed by atoms with van der Waals surface area (Å²) in [6.45, 7) is 16.3. The molecule has 1 fully saturated rings. The van der Waals surface area contributed by atoms with Crippen molar-refractivity contribution in [2.24, 2.45) is 5.10 Å². The molecule has 7 heteroatoms. The van der Waals surface area contributed by atoms with Crippen molar-refractivity contribution in [2.75, 3.05) is 46.1 Å². The number of allylic oxidation sites excluding steroid dienone is 7. The Morgan fingerprint density at radius 2 is 1.81 bits per heavy atom. The fraction of sp³-hybridized carbons (Fsp3) is 0.533. The summed E-state index contributed by atoms with van der Waals surface area (Å²) in [6.07, 6.45) is 13.4. The summed E-state index contributed by atoms with van der Waals surface area (Å²) in [7, 11) is 0. The summed E-state index contributed by atoms with van der Waals surface area (Å²) in [5.41, 5.74) is 6.88. The van der Waals surface area contributed by atoms with E-state index >= 15 is 0 Å². The number of nitrogens with zero attached hydrogens (tertiary/aromatic N) is 3. The van der Waals surface area contributed by atoms with Crippen molar-refractivity contribution in [3.05, 3.63) is 69.6 Å². The van der Waals surface area contributed by atoms with E-state index in [4.69, 9.17) is 19.3 Å². The molecule has 7 nitrogen and oxygen atoms in total. The van der Waals surface area contributed by atoms with Gasteiger partial charge in [0.15, 0.2) is 0 Å². The van der Waals surface area contributed by atoms with Gasteiger partial charge in [-0.15, -0.1) is 0 Å². The molecule has 0 saturated carbocycles. The Balaban J connectivity index is 2.30. The minimum atomic E-state index is -0.306. The standard InChI is InChI=1S/C30H43N3O4/c1-7-13-27(24(6)30(34)37-9-3)33-29(23(5)21-35-8-2)26(25-15-12-10-11-14-22(25)4)20-28(31-33)32-16-18-36-19-17-32/h11-12,14-15,20H,7-10,13,16-19,21H2,1-6H3/b27-24+,29-23+. The quantitative estimate of drug-likeness (QED) is 0.295. The van der Waals surface area contributed by atoms with Gasteiger partial charge in [0, 0.05) is 25.3 Å². The van der Waals surface area contributed by atoms with E-state index in [1.165, 1.54) is 5.57 Å². The lowest BCUT2D eigenvalue weighted by molar-refractivity contribution is -0.138. The number of hydrazone groups is 1. The van der Waals surface area contributed by atoms with Gasteiger partial charge in [-0.25, -0.2) is 9.80 Å². The fourth-order valence-electron chi connectivity index (χ4n) is 4.65. The van der Waals surface area contributed by atoms with Gasteiger partial charge in [-0.05, 0) is 70.3 Å². The van der Waals surface area contributed by atoms with Crippen LogP contribution < -0.4 is 0 Å². The monoisotopic (exact) mass is 509 g/mol. The zero-order chi connectivity index (χ0) is 26.8. The van der Waals surface area contributed by atoms with Gasteiger partial charge in [0.1, 0.15) is 5.84 Å². The van der Waals surface area contributed by atoms with E-state index in [0.29, 0.717) is 45.0 Å². The zero-order valence-corrected chi connectivity index (χ0v) is 23.4. The minimum absolute atomic E-state index is 0.306. The second-order valence-corrected chi connectivity index (χ2v) is 9.37. The lowest BCUT2D eigenvalue weighted by Crippen LogP contribution is -2.43. The first kappa shape index (κ1) is 28.7. The largest absolute Gasteiger partial charge is 0.463 e. The molecule has 0 amide bonds. The Kier molecular flexibility index (Phi) is 11.0. The number of amidine groups is 1. The van der Waals surface area contributed by atoms with Crippen molar-refractivity contribution in [1.29, 1.82) is 0 Å². The number of carbonyl (C=O) groups is 1. The Labute approximate surface area is 222 Å². The van der Waals surface area contributed by atoms with Crippen LogP contribution in [-0.2, 0) is 19.0 Å². The molecule has 0 bridgehead atoms. The summed E-state index contributed by atoms with van der Waals surface area (Å²) in [4.78, 5) is 15.2. The Hall–Kier alpha value is -2.90. The maximum Gasteiger partial charge on any atom is 0.335 e. The number of ether oxygens (including phenoxy) is 3. The van der Waals surface area contributed by atoms with Gasteiger partial charge in [-0.1, -0.05) is 37.6 Å². The van der Waals surface area contributed by atoms with E-state index in [9.17, 15) is 4.79 Å². The third-order valence-electron chi connectivity index (χ3n) is 6.60. The van der Waals surface area contributed by atoms with E-state index in [0.717, 1.165) is 59.9 Å². The molecule has 0 atom stereocenters. The third-order valence-corrected chi connectivity index (χ3v) is 6.60. The van der Waals surface area contributed by atoms with Crippen molar-refractivity contribution < 1.29 is 19.0 Å². The zero-order valence-electron chi connectivity index (χ0n) is 23.4. The van der Waals surface area contributed by atoms with Gasteiger partial charge < -0.3 is 19.1 Å². The highest BCUT2D eigenvalue weighted by Gasteiger charge is 2.31. The Morgan fingerprint density at radius 1 is 1.08 bits per heavy atom. The molecular weight excluding hydrogens is 466 g/mol. The van der Waals surface area contributed by atoms with Crippen LogP contribution in [0.2, 0.25) is 0 Å². The van der Waals surface area contributed by atoms with E-state index in [2.05, 4.69) is 56.1 Å². The molecule has 0 aromatic heterocycles. The summed E-state index contributed by atoms with van der Waals surface area (Å²) in [5.74, 6) is 0.568. The molecular formula is C30H43N3O4. The van der Waals surface area contributed by atoms with Crippen LogP contribution in [0.15, 0.2) is 74.7 Å². The minimum Gasteiger partial charge on any atom is -0.463 e. The van der Waals surface area contributed by atoms with E-state index in [-0.39, 0.29) is 5.97 Å². The lowest BCUT2D eigenvalue weighted by atomic mass is 9.92. The van der Waals surface area contributed by atoms with Crippen molar-refractivity contribution in [2.45, 2.75) is 60.8 Å². The third kappa shape index (κ3) is 7.11. The van der Waals surface area contributed by atoms with Gasteiger partial charge in [0.25, 0.3) is 0 Å². The summed E-state index contributed by atoms with van der Waals surface area (Å²) < 4.78 is 16.9. The summed E-state index contributed by atoms with van der Waals surface area (Å²) in [5, 5.41) is 7.19. The number of rotatable bonds is 9. The molecule has 0 unspecified atom stereocenters. The molecule has 202 valence electrons.